The van der Waals surface area contributed by atoms with Crippen LogP contribution in [0.1, 0.15) is 219 Å². The highest BCUT2D eigenvalue weighted by Gasteiger charge is 2.21. The van der Waals surface area contributed by atoms with Crippen LogP contribution in [0.25, 0.3) is 0 Å². The van der Waals surface area contributed by atoms with Gasteiger partial charge in [-0.1, -0.05) is 171 Å². The van der Waals surface area contributed by atoms with Gasteiger partial charge in [0.15, 0.2) is 0 Å². The van der Waals surface area contributed by atoms with Crippen molar-refractivity contribution in [2.45, 2.75) is 238 Å². The summed E-state index contributed by atoms with van der Waals surface area (Å²) in [5, 5.41) is 11.8. The predicted octanol–water partition coefficient (Wildman–Crippen LogP) is 11.0. The molecule has 1 aromatic rings. The second kappa shape index (κ2) is 44.1. The number of rotatable bonds is 44. The van der Waals surface area contributed by atoms with Crippen LogP contribution in [0.4, 0.5) is 0 Å². The summed E-state index contributed by atoms with van der Waals surface area (Å²) in [4.78, 5) is 56.5. The highest BCUT2D eigenvalue weighted by Crippen LogP contribution is 2.12. The highest BCUT2D eigenvalue weighted by molar-refractivity contribution is 5.88. The first-order valence-electron chi connectivity index (χ1n) is 26.5. The van der Waals surface area contributed by atoms with Crippen molar-refractivity contribution < 1.29 is 24.9 Å². The molecule has 0 spiro atoms. The number of quaternary nitrogens is 1. The Labute approximate surface area is 397 Å². The molecule has 1 rings (SSSR count). The van der Waals surface area contributed by atoms with Gasteiger partial charge in [0, 0.05) is 45.0 Å². The van der Waals surface area contributed by atoms with E-state index in [-0.39, 0.29) is 48.8 Å². The van der Waals surface area contributed by atoms with Gasteiger partial charge in [-0.2, -0.15) is 0 Å². The summed E-state index contributed by atoms with van der Waals surface area (Å²) < 4.78 is 0. The number of amides is 4. The van der Waals surface area contributed by atoms with Gasteiger partial charge in [0.25, 0.3) is 0 Å². The van der Waals surface area contributed by atoms with Crippen molar-refractivity contribution in [1.29, 1.82) is 0 Å². The van der Waals surface area contributed by atoms with Gasteiger partial charge in [0.1, 0.15) is 6.04 Å². The third-order valence-electron chi connectivity index (χ3n) is 11.8. The van der Waals surface area contributed by atoms with Crippen molar-refractivity contribution in [2.75, 3.05) is 19.6 Å². The molecule has 3 atom stereocenters. The third kappa shape index (κ3) is 39.1. The molecule has 0 aliphatic carbocycles. The summed E-state index contributed by atoms with van der Waals surface area (Å²) in [6.07, 6.45) is 44.5. The first kappa shape index (κ1) is 59.2. The zero-order valence-electron chi connectivity index (χ0n) is 41.8. The number of aliphatic imine (C=N–C) groups is 1. The van der Waals surface area contributed by atoms with E-state index in [4.69, 9.17) is 0 Å². The standard InChI is InChI=1S/C55H96N6O4/c1-4-6-8-10-12-14-16-18-20-22-24-26-28-30-35-39-52(62)59-47-51(61-53(63)40-36-31-29-27-25-23-21-19-17-15-13-11-9-7-5-2)55(65)58-44-43-57-46-50(45-49-37-33-32-34-38-49)60-54(64)42-41-48(3)56/h18-21,32-34,37-38,46,48,50-51H,4-17,22-31,35-36,39-45,47,56H2,1-3H3,(H,58,65)(H,59,62)(H,60,64)(H,61,63)/p+1/b20-18-,21-19-,57-46?. The van der Waals surface area contributed by atoms with Crippen LogP contribution in [0.15, 0.2) is 59.6 Å². The molecule has 0 saturated heterocycles. The van der Waals surface area contributed by atoms with Crippen molar-refractivity contribution in [2.24, 2.45) is 4.99 Å². The van der Waals surface area contributed by atoms with Crippen molar-refractivity contribution >= 4 is 29.8 Å². The molecule has 0 aromatic heterocycles. The molecule has 0 bridgehead atoms. The van der Waals surface area contributed by atoms with Gasteiger partial charge >= 0.3 is 0 Å². The molecule has 10 nitrogen and oxygen atoms in total. The van der Waals surface area contributed by atoms with Gasteiger partial charge in [0.2, 0.25) is 23.6 Å². The lowest BCUT2D eigenvalue weighted by Crippen LogP contribution is -2.59. The van der Waals surface area contributed by atoms with Crippen molar-refractivity contribution in [1.82, 2.24) is 21.3 Å². The Kier molecular flexibility index (Phi) is 40.2. The molecule has 0 heterocycles. The molecule has 65 heavy (non-hydrogen) atoms. The topological polar surface area (TPSA) is 156 Å². The van der Waals surface area contributed by atoms with Crippen LogP contribution in [0.5, 0.6) is 0 Å². The maximum atomic E-state index is 13.4. The van der Waals surface area contributed by atoms with Gasteiger partial charge in [-0.15, -0.1) is 0 Å². The number of hydrogen-bond donors (Lipinski definition) is 5. The van der Waals surface area contributed by atoms with Crippen molar-refractivity contribution in [3.8, 4) is 0 Å². The SMILES string of the molecule is CCCCCCCC/C=C\CCCCCCCC(=O)NCC(NC(=O)CCCCCCC/C=C\CCCCCCCC)C(=O)NCCN=CC(Cc1ccccc1)NC(=O)CCC(C)[NH3+]. The molecule has 0 aliphatic heterocycles. The molecule has 10 heteroatoms. The largest absolute Gasteiger partial charge is 0.355 e. The van der Waals surface area contributed by atoms with Gasteiger partial charge in [0.05, 0.1) is 18.6 Å². The Balaban J connectivity index is 2.55. The molecule has 7 N–H and O–H groups in total. The Morgan fingerprint density at radius 1 is 0.569 bits per heavy atom. The fourth-order valence-electron chi connectivity index (χ4n) is 7.73. The Morgan fingerprint density at radius 2 is 1.03 bits per heavy atom. The lowest BCUT2D eigenvalue weighted by Gasteiger charge is -2.19. The molecule has 0 radical (unpaired) electrons. The van der Waals surface area contributed by atoms with E-state index < -0.39 is 6.04 Å². The summed E-state index contributed by atoms with van der Waals surface area (Å²) >= 11 is 0. The maximum Gasteiger partial charge on any atom is 0.244 e. The number of carbonyl (C=O) groups is 4. The fourth-order valence-corrected chi connectivity index (χ4v) is 7.73. The van der Waals surface area contributed by atoms with E-state index in [1.807, 2.05) is 37.3 Å². The van der Waals surface area contributed by atoms with Gasteiger partial charge in [-0.25, -0.2) is 0 Å². The number of nitrogens with zero attached hydrogens (tertiary/aromatic N) is 1. The smallest absolute Gasteiger partial charge is 0.244 e. The normalized spacial score (nSPS) is 13.0. The highest BCUT2D eigenvalue weighted by atomic mass is 16.2. The number of carbonyl (C=O) groups excluding carboxylic acids is 4. The Bertz CT molecular complexity index is 1400. The Hall–Kier alpha value is -3.79. The minimum absolute atomic E-state index is 0.0359. The lowest BCUT2D eigenvalue weighted by atomic mass is 10.1. The van der Waals surface area contributed by atoms with Crippen LogP contribution >= 0.6 is 0 Å². The zero-order valence-corrected chi connectivity index (χ0v) is 41.8. The minimum Gasteiger partial charge on any atom is -0.355 e. The second-order valence-electron chi connectivity index (χ2n) is 18.4. The van der Waals surface area contributed by atoms with Crippen molar-refractivity contribution in [3.63, 3.8) is 0 Å². The van der Waals surface area contributed by atoms with E-state index in [1.165, 1.54) is 103 Å². The zero-order chi connectivity index (χ0) is 47.3. The van der Waals surface area contributed by atoms with Crippen LogP contribution < -0.4 is 27.0 Å². The first-order valence-corrected chi connectivity index (χ1v) is 26.5. The maximum absolute atomic E-state index is 13.4. The quantitative estimate of drug-likeness (QED) is 0.0251. The average molecular weight is 906 g/mol. The van der Waals surface area contributed by atoms with Gasteiger partial charge < -0.3 is 27.0 Å². The number of allylic oxidation sites excluding steroid dienone is 4. The van der Waals surface area contributed by atoms with Gasteiger partial charge in [-0.3, -0.25) is 24.2 Å². The minimum atomic E-state index is -0.881. The summed E-state index contributed by atoms with van der Waals surface area (Å²) in [6.45, 7) is 7.10. The molecule has 0 fully saturated rings. The van der Waals surface area contributed by atoms with Crippen LogP contribution in [0.3, 0.4) is 0 Å². The number of nitrogens with one attached hydrogen (secondary N) is 4. The molecule has 3 unspecified atom stereocenters. The van der Waals surface area contributed by atoms with E-state index in [0.29, 0.717) is 38.6 Å². The number of unbranched alkanes of at least 4 members (excludes halogenated alkanes) is 22. The van der Waals surface area contributed by atoms with E-state index in [0.717, 1.165) is 69.8 Å². The van der Waals surface area contributed by atoms with E-state index >= 15 is 0 Å². The van der Waals surface area contributed by atoms with E-state index in [2.05, 4.69) is 70.1 Å². The van der Waals surface area contributed by atoms with Crippen molar-refractivity contribution in [3.05, 3.63) is 60.2 Å². The first-order chi connectivity index (χ1) is 31.7. The molecule has 1 aromatic carbocycles. The monoisotopic (exact) mass is 906 g/mol. The third-order valence-corrected chi connectivity index (χ3v) is 11.8. The van der Waals surface area contributed by atoms with E-state index in [1.54, 1.807) is 6.21 Å². The molecule has 4 amide bonds. The second-order valence-corrected chi connectivity index (χ2v) is 18.4. The molecular weight excluding hydrogens is 809 g/mol. The van der Waals surface area contributed by atoms with Crippen LogP contribution in [-0.2, 0) is 25.6 Å². The summed E-state index contributed by atoms with van der Waals surface area (Å²) in [7, 11) is 0. The Morgan fingerprint density at radius 3 is 1.54 bits per heavy atom. The molecule has 370 valence electrons. The predicted molar refractivity (Wildman–Crippen MR) is 274 cm³/mol. The molecular formula is C55H97N6O4+. The summed E-state index contributed by atoms with van der Waals surface area (Å²) in [5.74, 6) is -0.676. The van der Waals surface area contributed by atoms with Crippen LogP contribution in [0, 0.1) is 0 Å². The fraction of sp³-hybridized carbons (Fsp3) is 0.727. The van der Waals surface area contributed by atoms with E-state index in [9.17, 15) is 19.2 Å². The lowest BCUT2D eigenvalue weighted by molar-refractivity contribution is -0.415. The number of hydrogen-bond acceptors (Lipinski definition) is 5. The van der Waals surface area contributed by atoms with Crippen LogP contribution in [0.2, 0.25) is 0 Å². The average Bonchev–Trinajstić information content (AvgIpc) is 3.29. The summed E-state index contributed by atoms with van der Waals surface area (Å²) in [5.41, 5.74) is 5.07. The summed E-state index contributed by atoms with van der Waals surface area (Å²) in [6, 6.07) is 8.97. The number of benzene rings is 1. The molecule has 0 aliphatic rings. The van der Waals surface area contributed by atoms with Crippen LogP contribution in [-0.4, -0.2) is 67.6 Å². The molecule has 0 saturated carbocycles. The van der Waals surface area contributed by atoms with Gasteiger partial charge in [-0.05, 0) is 83.1 Å².